The van der Waals surface area contributed by atoms with Gasteiger partial charge >= 0.3 is 5.97 Å². The van der Waals surface area contributed by atoms with E-state index in [2.05, 4.69) is 4.72 Å². The number of carbonyl (C=O) groups is 2. The Bertz CT molecular complexity index is 939. The van der Waals surface area contributed by atoms with Crippen LogP contribution in [0.4, 0.5) is 0 Å². The third-order valence-electron chi connectivity index (χ3n) is 3.84. The third kappa shape index (κ3) is 5.54. The van der Waals surface area contributed by atoms with Crippen molar-refractivity contribution in [3.05, 3.63) is 59.7 Å². The monoisotopic (exact) mass is 406 g/mol. The molecule has 8 nitrogen and oxygen atoms in total. The summed E-state index contributed by atoms with van der Waals surface area (Å²) in [7, 11) is 0.771. The number of amides is 1. The Kier molecular flexibility index (Phi) is 7.13. The van der Waals surface area contributed by atoms with Gasteiger partial charge in [-0.2, -0.15) is 0 Å². The number of rotatable bonds is 8. The van der Waals surface area contributed by atoms with E-state index in [1.807, 2.05) is 0 Å². The first kappa shape index (κ1) is 21.4. The summed E-state index contributed by atoms with van der Waals surface area (Å²) in [6, 6.07) is 12.5. The van der Waals surface area contributed by atoms with Crippen LogP contribution >= 0.6 is 0 Å². The molecule has 2 aromatic carbocycles. The molecule has 0 atom stereocenters. The maximum atomic E-state index is 12.5. The summed E-state index contributed by atoms with van der Waals surface area (Å²) in [5.41, 5.74) is 0.919. The average molecular weight is 406 g/mol. The van der Waals surface area contributed by atoms with Gasteiger partial charge in [-0.05, 0) is 29.8 Å². The van der Waals surface area contributed by atoms with Gasteiger partial charge in [0.15, 0.2) is 6.61 Å². The minimum atomic E-state index is -3.76. The molecule has 0 radical (unpaired) electrons. The Morgan fingerprint density at radius 3 is 2.29 bits per heavy atom. The molecule has 2 aromatic rings. The number of nitrogens with zero attached hydrogens (tertiary/aromatic N) is 1. The SMILES string of the molecule is COc1ccccc1S(=O)(=O)NCc1ccc(C(=O)OCC(=O)N(C)C)cc1. The Balaban J connectivity index is 1.99. The second kappa shape index (κ2) is 9.34. The summed E-state index contributed by atoms with van der Waals surface area (Å²) in [6.45, 7) is -0.304. The van der Waals surface area contributed by atoms with Gasteiger partial charge in [0.25, 0.3) is 5.91 Å². The molecule has 150 valence electrons. The van der Waals surface area contributed by atoms with Gasteiger partial charge in [-0.15, -0.1) is 0 Å². The van der Waals surface area contributed by atoms with E-state index >= 15 is 0 Å². The predicted molar refractivity (Wildman–Crippen MR) is 102 cm³/mol. The lowest BCUT2D eigenvalue weighted by molar-refractivity contribution is -0.131. The second-order valence-corrected chi connectivity index (χ2v) is 7.77. The standard InChI is InChI=1S/C19H22N2O6S/c1-21(2)18(22)13-27-19(23)15-10-8-14(9-11-15)12-20-28(24,25)17-7-5-4-6-16(17)26-3/h4-11,20H,12-13H2,1-3H3. The Morgan fingerprint density at radius 1 is 1.04 bits per heavy atom. The van der Waals surface area contributed by atoms with Crippen LogP contribution in [-0.2, 0) is 26.1 Å². The van der Waals surface area contributed by atoms with Crippen molar-refractivity contribution < 1.29 is 27.5 Å². The number of nitrogens with one attached hydrogen (secondary N) is 1. The number of likely N-dealkylation sites (N-methyl/N-ethyl adjacent to an activating group) is 1. The largest absolute Gasteiger partial charge is 0.495 e. The highest BCUT2D eigenvalue weighted by atomic mass is 32.2. The molecule has 2 rings (SSSR count). The minimum Gasteiger partial charge on any atom is -0.495 e. The van der Waals surface area contributed by atoms with Gasteiger partial charge in [0, 0.05) is 20.6 Å². The van der Waals surface area contributed by atoms with Crippen LogP contribution in [0.25, 0.3) is 0 Å². The van der Waals surface area contributed by atoms with Crippen molar-refractivity contribution in [2.45, 2.75) is 11.4 Å². The van der Waals surface area contributed by atoms with Gasteiger partial charge in [0.1, 0.15) is 10.6 Å². The molecule has 0 fully saturated rings. The van der Waals surface area contributed by atoms with Crippen LogP contribution in [0.15, 0.2) is 53.4 Å². The number of esters is 1. The van der Waals surface area contributed by atoms with Crippen molar-refractivity contribution in [1.82, 2.24) is 9.62 Å². The van der Waals surface area contributed by atoms with Crippen molar-refractivity contribution in [3.63, 3.8) is 0 Å². The number of carbonyl (C=O) groups excluding carboxylic acids is 2. The van der Waals surface area contributed by atoms with Crippen molar-refractivity contribution in [3.8, 4) is 5.75 Å². The molecule has 0 heterocycles. The zero-order chi connectivity index (χ0) is 20.7. The number of methoxy groups -OCH3 is 1. The lowest BCUT2D eigenvalue weighted by atomic mass is 10.1. The average Bonchev–Trinajstić information content (AvgIpc) is 2.70. The highest BCUT2D eigenvalue weighted by Gasteiger charge is 2.18. The van der Waals surface area contributed by atoms with E-state index in [1.165, 1.54) is 30.2 Å². The summed E-state index contributed by atoms with van der Waals surface area (Å²) in [5.74, 6) is -0.701. The number of sulfonamides is 1. The van der Waals surface area contributed by atoms with Crippen LogP contribution in [-0.4, -0.2) is 53.0 Å². The number of para-hydroxylation sites is 1. The maximum Gasteiger partial charge on any atom is 0.338 e. The molecule has 1 amide bonds. The van der Waals surface area contributed by atoms with Crippen molar-refractivity contribution in [2.75, 3.05) is 27.8 Å². The first-order chi connectivity index (χ1) is 13.2. The summed E-state index contributed by atoms with van der Waals surface area (Å²) in [6.07, 6.45) is 0. The molecular formula is C19H22N2O6S. The molecule has 0 saturated heterocycles. The van der Waals surface area contributed by atoms with E-state index in [0.29, 0.717) is 5.56 Å². The Hall–Kier alpha value is -2.91. The first-order valence-electron chi connectivity index (χ1n) is 8.33. The number of ether oxygens (including phenoxy) is 2. The van der Waals surface area contributed by atoms with E-state index in [9.17, 15) is 18.0 Å². The van der Waals surface area contributed by atoms with Crippen LogP contribution in [0.5, 0.6) is 5.75 Å². The summed E-state index contributed by atoms with van der Waals surface area (Å²) in [4.78, 5) is 24.8. The molecule has 0 aromatic heterocycles. The summed E-state index contributed by atoms with van der Waals surface area (Å²) >= 11 is 0. The fourth-order valence-electron chi connectivity index (χ4n) is 2.20. The van der Waals surface area contributed by atoms with Crippen molar-refractivity contribution in [1.29, 1.82) is 0 Å². The van der Waals surface area contributed by atoms with Gasteiger partial charge in [0.2, 0.25) is 10.0 Å². The van der Waals surface area contributed by atoms with Crippen LogP contribution in [0.2, 0.25) is 0 Å². The third-order valence-corrected chi connectivity index (χ3v) is 5.28. The Morgan fingerprint density at radius 2 is 1.68 bits per heavy atom. The molecule has 0 aliphatic rings. The van der Waals surface area contributed by atoms with Crippen LogP contribution in [0.3, 0.4) is 0 Å². The zero-order valence-corrected chi connectivity index (χ0v) is 16.7. The quantitative estimate of drug-likeness (QED) is 0.665. The molecule has 9 heteroatoms. The molecule has 0 spiro atoms. The van der Waals surface area contributed by atoms with E-state index in [-0.39, 0.29) is 35.3 Å². The van der Waals surface area contributed by atoms with Gasteiger partial charge in [-0.25, -0.2) is 17.9 Å². The predicted octanol–water partition coefficient (Wildman–Crippen LogP) is 1.42. The van der Waals surface area contributed by atoms with Crippen LogP contribution < -0.4 is 9.46 Å². The van der Waals surface area contributed by atoms with Gasteiger partial charge in [0.05, 0.1) is 12.7 Å². The fourth-order valence-corrected chi connectivity index (χ4v) is 3.38. The van der Waals surface area contributed by atoms with Crippen LogP contribution in [0.1, 0.15) is 15.9 Å². The molecule has 0 aliphatic heterocycles. The molecule has 1 N–H and O–H groups in total. The van der Waals surface area contributed by atoms with Gasteiger partial charge in [-0.3, -0.25) is 4.79 Å². The molecule has 28 heavy (non-hydrogen) atoms. The van der Waals surface area contributed by atoms with E-state index in [1.54, 1.807) is 44.4 Å². The molecule has 0 aliphatic carbocycles. The van der Waals surface area contributed by atoms with Gasteiger partial charge in [-0.1, -0.05) is 24.3 Å². The van der Waals surface area contributed by atoms with E-state index in [4.69, 9.17) is 9.47 Å². The molecule has 0 bridgehead atoms. The van der Waals surface area contributed by atoms with Crippen molar-refractivity contribution in [2.24, 2.45) is 0 Å². The topological polar surface area (TPSA) is 102 Å². The summed E-state index contributed by atoms with van der Waals surface area (Å²) < 4.78 is 37.4. The lowest BCUT2D eigenvalue weighted by Crippen LogP contribution is -2.27. The lowest BCUT2D eigenvalue weighted by Gasteiger charge is -2.11. The second-order valence-electron chi connectivity index (χ2n) is 6.04. The number of hydrogen-bond acceptors (Lipinski definition) is 6. The molecule has 0 saturated carbocycles. The number of benzene rings is 2. The highest BCUT2D eigenvalue weighted by Crippen LogP contribution is 2.22. The first-order valence-corrected chi connectivity index (χ1v) is 9.82. The Labute approximate surface area is 164 Å². The normalized spacial score (nSPS) is 11.0. The summed E-state index contributed by atoms with van der Waals surface area (Å²) in [5, 5.41) is 0. The maximum absolute atomic E-state index is 12.5. The van der Waals surface area contributed by atoms with E-state index in [0.717, 1.165) is 0 Å². The zero-order valence-electron chi connectivity index (χ0n) is 15.8. The minimum absolute atomic E-state index is 0.0365. The molecular weight excluding hydrogens is 384 g/mol. The molecule has 0 unspecified atom stereocenters. The van der Waals surface area contributed by atoms with Gasteiger partial charge < -0.3 is 14.4 Å². The fraction of sp³-hybridized carbons (Fsp3) is 0.263. The van der Waals surface area contributed by atoms with Crippen molar-refractivity contribution >= 4 is 21.9 Å². The van der Waals surface area contributed by atoms with Crippen LogP contribution in [0, 0.1) is 0 Å². The number of hydrogen-bond donors (Lipinski definition) is 1. The van der Waals surface area contributed by atoms with E-state index < -0.39 is 16.0 Å². The smallest absolute Gasteiger partial charge is 0.338 e. The highest BCUT2D eigenvalue weighted by molar-refractivity contribution is 7.89.